The number of carbonyl (C=O) groups is 3. The molecular formula is C24H28N2O3. The highest BCUT2D eigenvalue weighted by atomic mass is 16.2. The van der Waals surface area contributed by atoms with Crippen molar-refractivity contribution in [1.82, 2.24) is 0 Å². The van der Waals surface area contributed by atoms with Crippen LogP contribution in [0.3, 0.4) is 0 Å². The van der Waals surface area contributed by atoms with Gasteiger partial charge in [0, 0.05) is 28.8 Å². The standard InChI is InChI=1S/C24H28N2O3/c1-15-4-11-22(14-16(15)2)26-24(29)20-7-5-19(6-8-20)23(28)25-21-12-9-18(10-13-21)17(3)27/h4,9-14,19-20H,5-8H2,1-3H3,(H,25,28)(H,26,29). The predicted molar refractivity (Wildman–Crippen MR) is 115 cm³/mol. The number of amides is 2. The van der Waals surface area contributed by atoms with E-state index in [0.29, 0.717) is 36.9 Å². The first-order chi connectivity index (χ1) is 13.8. The van der Waals surface area contributed by atoms with Crippen LogP contribution in [-0.4, -0.2) is 17.6 Å². The molecule has 0 unspecified atom stereocenters. The van der Waals surface area contributed by atoms with Gasteiger partial charge in [-0.15, -0.1) is 0 Å². The summed E-state index contributed by atoms with van der Waals surface area (Å²) in [4.78, 5) is 36.5. The minimum Gasteiger partial charge on any atom is -0.326 e. The lowest BCUT2D eigenvalue weighted by Gasteiger charge is -2.27. The van der Waals surface area contributed by atoms with E-state index in [0.717, 1.165) is 11.3 Å². The number of aryl methyl sites for hydroxylation is 2. The van der Waals surface area contributed by atoms with Crippen LogP contribution < -0.4 is 10.6 Å². The van der Waals surface area contributed by atoms with E-state index in [4.69, 9.17) is 0 Å². The van der Waals surface area contributed by atoms with Crippen LogP contribution >= 0.6 is 0 Å². The van der Waals surface area contributed by atoms with Gasteiger partial charge in [-0.1, -0.05) is 6.07 Å². The molecule has 0 radical (unpaired) electrons. The largest absolute Gasteiger partial charge is 0.326 e. The Balaban J connectivity index is 1.50. The average molecular weight is 392 g/mol. The smallest absolute Gasteiger partial charge is 0.227 e. The van der Waals surface area contributed by atoms with Gasteiger partial charge in [0.05, 0.1) is 0 Å². The van der Waals surface area contributed by atoms with Crippen LogP contribution in [0.1, 0.15) is 54.1 Å². The van der Waals surface area contributed by atoms with Gasteiger partial charge >= 0.3 is 0 Å². The molecule has 1 aliphatic carbocycles. The van der Waals surface area contributed by atoms with Crippen LogP contribution in [0.25, 0.3) is 0 Å². The molecule has 2 amide bonds. The van der Waals surface area contributed by atoms with Crippen molar-refractivity contribution in [2.45, 2.75) is 46.5 Å². The third kappa shape index (κ3) is 5.31. The van der Waals surface area contributed by atoms with E-state index in [9.17, 15) is 14.4 Å². The Hall–Kier alpha value is -2.95. The van der Waals surface area contributed by atoms with E-state index in [2.05, 4.69) is 10.6 Å². The van der Waals surface area contributed by atoms with E-state index in [1.807, 2.05) is 32.0 Å². The molecule has 2 aromatic rings. The van der Waals surface area contributed by atoms with Crippen molar-refractivity contribution in [3.05, 3.63) is 59.2 Å². The van der Waals surface area contributed by atoms with Crippen molar-refractivity contribution in [2.24, 2.45) is 11.8 Å². The first kappa shape index (κ1) is 20.8. The number of Topliss-reactive ketones (excluding diaryl/α,β-unsaturated/α-hetero) is 1. The fraction of sp³-hybridized carbons (Fsp3) is 0.375. The van der Waals surface area contributed by atoms with Gasteiger partial charge in [0.2, 0.25) is 11.8 Å². The monoisotopic (exact) mass is 392 g/mol. The highest BCUT2D eigenvalue weighted by Gasteiger charge is 2.30. The summed E-state index contributed by atoms with van der Waals surface area (Å²) in [6.45, 7) is 5.59. The Morgan fingerprint density at radius 3 is 1.69 bits per heavy atom. The summed E-state index contributed by atoms with van der Waals surface area (Å²) in [6, 6.07) is 12.8. The summed E-state index contributed by atoms with van der Waals surface area (Å²) in [6.07, 6.45) is 2.81. The maximum Gasteiger partial charge on any atom is 0.227 e. The zero-order valence-electron chi connectivity index (χ0n) is 17.2. The molecule has 2 N–H and O–H groups in total. The molecular weight excluding hydrogens is 364 g/mol. The predicted octanol–water partition coefficient (Wildman–Crippen LogP) is 4.89. The van der Waals surface area contributed by atoms with Gasteiger partial charge in [-0.05, 0) is 94.0 Å². The van der Waals surface area contributed by atoms with E-state index < -0.39 is 0 Å². The second kappa shape index (κ2) is 9.03. The van der Waals surface area contributed by atoms with Crippen molar-refractivity contribution in [3.63, 3.8) is 0 Å². The van der Waals surface area contributed by atoms with Crippen LogP contribution in [0, 0.1) is 25.7 Å². The SMILES string of the molecule is CC(=O)c1ccc(NC(=O)C2CCC(C(=O)Nc3ccc(C)c(C)c3)CC2)cc1. The zero-order chi connectivity index (χ0) is 21.0. The zero-order valence-corrected chi connectivity index (χ0v) is 17.2. The molecule has 0 spiro atoms. The Labute approximate surface area is 171 Å². The summed E-state index contributed by atoms with van der Waals surface area (Å²) in [5.41, 5.74) is 4.49. The van der Waals surface area contributed by atoms with Crippen LogP contribution in [0.4, 0.5) is 11.4 Å². The van der Waals surface area contributed by atoms with Crippen molar-refractivity contribution >= 4 is 29.0 Å². The van der Waals surface area contributed by atoms with Crippen molar-refractivity contribution < 1.29 is 14.4 Å². The Morgan fingerprint density at radius 1 is 0.724 bits per heavy atom. The van der Waals surface area contributed by atoms with E-state index in [1.54, 1.807) is 24.3 Å². The molecule has 3 rings (SSSR count). The van der Waals surface area contributed by atoms with Gasteiger partial charge in [0.15, 0.2) is 5.78 Å². The van der Waals surface area contributed by atoms with Crippen LogP contribution in [0.5, 0.6) is 0 Å². The fourth-order valence-corrected chi connectivity index (χ4v) is 3.71. The van der Waals surface area contributed by atoms with Crippen LogP contribution in [0.15, 0.2) is 42.5 Å². The third-order valence-corrected chi connectivity index (χ3v) is 5.80. The molecule has 1 saturated carbocycles. The number of rotatable bonds is 5. The van der Waals surface area contributed by atoms with Gasteiger partial charge in [-0.25, -0.2) is 0 Å². The number of ketones is 1. The molecule has 0 bridgehead atoms. The highest BCUT2D eigenvalue weighted by Crippen LogP contribution is 2.31. The maximum atomic E-state index is 12.6. The van der Waals surface area contributed by atoms with Crippen molar-refractivity contribution in [3.8, 4) is 0 Å². The molecule has 5 heteroatoms. The first-order valence-corrected chi connectivity index (χ1v) is 10.1. The molecule has 1 aliphatic rings. The summed E-state index contributed by atoms with van der Waals surface area (Å²) in [5, 5.41) is 5.93. The second-order valence-electron chi connectivity index (χ2n) is 7.96. The molecule has 0 aliphatic heterocycles. The number of carbonyl (C=O) groups excluding carboxylic acids is 3. The fourth-order valence-electron chi connectivity index (χ4n) is 3.71. The maximum absolute atomic E-state index is 12.6. The van der Waals surface area contributed by atoms with Crippen LogP contribution in [-0.2, 0) is 9.59 Å². The van der Waals surface area contributed by atoms with Gasteiger partial charge in [-0.3, -0.25) is 14.4 Å². The van der Waals surface area contributed by atoms with E-state index in [1.165, 1.54) is 12.5 Å². The summed E-state index contributed by atoms with van der Waals surface area (Å²) < 4.78 is 0. The number of hydrogen-bond donors (Lipinski definition) is 2. The topological polar surface area (TPSA) is 75.3 Å². The highest BCUT2D eigenvalue weighted by molar-refractivity contribution is 5.96. The molecule has 2 aromatic carbocycles. The Bertz CT molecular complexity index is 910. The molecule has 0 heterocycles. The molecule has 5 nitrogen and oxygen atoms in total. The molecule has 0 atom stereocenters. The second-order valence-corrected chi connectivity index (χ2v) is 7.96. The molecule has 0 aromatic heterocycles. The number of nitrogens with one attached hydrogen (secondary N) is 2. The molecule has 29 heavy (non-hydrogen) atoms. The van der Waals surface area contributed by atoms with Crippen LogP contribution in [0.2, 0.25) is 0 Å². The molecule has 1 fully saturated rings. The van der Waals surface area contributed by atoms with Crippen molar-refractivity contribution in [1.29, 1.82) is 0 Å². The summed E-state index contributed by atoms with van der Waals surface area (Å²) >= 11 is 0. The van der Waals surface area contributed by atoms with E-state index in [-0.39, 0.29) is 29.4 Å². The Morgan fingerprint density at radius 2 is 1.21 bits per heavy atom. The van der Waals surface area contributed by atoms with Crippen molar-refractivity contribution in [2.75, 3.05) is 10.6 Å². The normalized spacial score (nSPS) is 18.7. The molecule has 152 valence electrons. The van der Waals surface area contributed by atoms with Gasteiger partial charge in [0.25, 0.3) is 0 Å². The summed E-state index contributed by atoms with van der Waals surface area (Å²) in [5.74, 6) is -0.135. The minimum atomic E-state index is -0.0897. The van der Waals surface area contributed by atoms with Gasteiger partial charge in [0.1, 0.15) is 0 Å². The number of anilines is 2. The van der Waals surface area contributed by atoms with E-state index >= 15 is 0 Å². The van der Waals surface area contributed by atoms with Gasteiger partial charge in [-0.2, -0.15) is 0 Å². The number of benzene rings is 2. The summed E-state index contributed by atoms with van der Waals surface area (Å²) in [7, 11) is 0. The quantitative estimate of drug-likeness (QED) is 0.712. The van der Waals surface area contributed by atoms with Gasteiger partial charge < -0.3 is 10.6 Å². The molecule has 0 saturated heterocycles. The lowest BCUT2D eigenvalue weighted by atomic mass is 9.81. The lowest BCUT2D eigenvalue weighted by molar-refractivity contribution is -0.125. The first-order valence-electron chi connectivity index (χ1n) is 10.1. The Kier molecular flexibility index (Phi) is 6.47. The lowest BCUT2D eigenvalue weighted by Crippen LogP contribution is -2.32. The third-order valence-electron chi connectivity index (χ3n) is 5.80. The average Bonchev–Trinajstić information content (AvgIpc) is 2.71. The minimum absolute atomic E-state index is 0.000253. The number of hydrogen-bond acceptors (Lipinski definition) is 3.